The lowest BCUT2D eigenvalue weighted by atomic mass is 10.2. The molecule has 0 radical (unpaired) electrons. The van der Waals surface area contributed by atoms with Crippen molar-refractivity contribution in [2.24, 2.45) is 0 Å². The third kappa shape index (κ3) is 3.96. The van der Waals surface area contributed by atoms with Crippen molar-refractivity contribution in [3.8, 4) is 17.1 Å². The number of aryl methyl sites for hydroxylation is 1. The Hall–Kier alpha value is -1.04. The van der Waals surface area contributed by atoms with Crippen LogP contribution < -0.4 is 33.3 Å². The molecular weight excluding hydrogens is 351 g/mol. The normalized spacial score (nSPS) is 10.0. The summed E-state index contributed by atoms with van der Waals surface area (Å²) in [6.45, 7) is 5.94. The Morgan fingerprint density at radius 3 is 2.74 bits per heavy atom. The molecule has 0 saturated heterocycles. The zero-order valence-electron chi connectivity index (χ0n) is 11.5. The highest BCUT2D eigenvalue weighted by atomic mass is 127. The van der Waals surface area contributed by atoms with Crippen LogP contribution in [-0.4, -0.2) is 11.6 Å². The number of hydrogen-bond acceptors (Lipinski definition) is 1. The van der Waals surface area contributed by atoms with Gasteiger partial charge < -0.3 is 28.7 Å². The number of rotatable bonds is 6. The van der Waals surface area contributed by atoms with E-state index >= 15 is 0 Å². The maximum Gasteiger partial charge on any atom is 0.290 e. The lowest BCUT2D eigenvalue weighted by molar-refractivity contribution is -0.685. The van der Waals surface area contributed by atoms with Gasteiger partial charge in [-0.05, 0) is 25.5 Å². The van der Waals surface area contributed by atoms with Gasteiger partial charge in [0.15, 0.2) is 0 Å². The molecule has 0 fully saturated rings. The van der Waals surface area contributed by atoms with Gasteiger partial charge in [0, 0.05) is 0 Å². The lowest BCUT2D eigenvalue weighted by Gasteiger charge is -2.07. The second-order valence-electron chi connectivity index (χ2n) is 4.28. The summed E-state index contributed by atoms with van der Waals surface area (Å²) in [5.74, 6) is 2.06. The summed E-state index contributed by atoms with van der Waals surface area (Å²) < 4.78 is 7.94. The summed E-state index contributed by atoms with van der Waals surface area (Å²) in [6.07, 6.45) is 6.46. The van der Waals surface area contributed by atoms with E-state index in [9.17, 15) is 0 Å². The fourth-order valence-corrected chi connectivity index (χ4v) is 2.05. The van der Waals surface area contributed by atoms with Gasteiger partial charge in [-0.15, -0.1) is 0 Å². The maximum atomic E-state index is 5.69. The summed E-state index contributed by atoms with van der Waals surface area (Å²) in [4.78, 5) is 3.31. The van der Waals surface area contributed by atoms with Gasteiger partial charge in [0.25, 0.3) is 5.82 Å². The van der Waals surface area contributed by atoms with Crippen molar-refractivity contribution < 1.29 is 33.3 Å². The molecule has 4 heteroatoms. The monoisotopic (exact) mass is 372 g/mol. The number of halogens is 1. The van der Waals surface area contributed by atoms with E-state index in [1.807, 2.05) is 31.3 Å². The highest BCUT2D eigenvalue weighted by Gasteiger charge is 2.16. The standard InChI is InChI=1S/C15H20N2O.HI/c1-3-5-11-17-12-10-16-15(17)13-8-6-7-9-14(13)18-4-2;/h6-10,12H,3-5,11H2,1-2H3;1H. The molecule has 1 aromatic heterocycles. The predicted molar refractivity (Wildman–Crippen MR) is 72.5 cm³/mol. The molecule has 0 aliphatic heterocycles. The second kappa shape index (κ2) is 8.19. The van der Waals surface area contributed by atoms with E-state index in [2.05, 4.69) is 28.7 Å². The molecule has 3 nitrogen and oxygen atoms in total. The third-order valence-electron chi connectivity index (χ3n) is 2.96. The largest absolute Gasteiger partial charge is 1.00 e. The van der Waals surface area contributed by atoms with Crippen molar-refractivity contribution in [3.05, 3.63) is 36.7 Å². The number of imidazole rings is 1. The number of benzene rings is 1. The van der Waals surface area contributed by atoms with Crippen molar-refractivity contribution >= 4 is 0 Å². The van der Waals surface area contributed by atoms with E-state index in [-0.39, 0.29) is 24.0 Å². The van der Waals surface area contributed by atoms with Crippen LogP contribution in [0.2, 0.25) is 0 Å². The summed E-state index contributed by atoms with van der Waals surface area (Å²) in [5.41, 5.74) is 1.13. The number of H-pyrrole nitrogens is 1. The Labute approximate surface area is 132 Å². The van der Waals surface area contributed by atoms with Crippen LogP contribution in [0, 0.1) is 0 Å². The molecular formula is C15H21IN2O. The molecule has 0 atom stereocenters. The summed E-state index contributed by atoms with van der Waals surface area (Å²) in [7, 11) is 0. The van der Waals surface area contributed by atoms with Crippen LogP contribution in [0.25, 0.3) is 11.4 Å². The van der Waals surface area contributed by atoms with Crippen LogP contribution in [0.4, 0.5) is 0 Å². The third-order valence-corrected chi connectivity index (χ3v) is 2.96. The molecule has 2 rings (SSSR count). The first-order chi connectivity index (χ1) is 8.86. The average Bonchev–Trinajstić information content (AvgIpc) is 2.85. The minimum atomic E-state index is 0. The summed E-state index contributed by atoms with van der Waals surface area (Å²) in [6, 6.07) is 8.17. The molecule has 104 valence electrons. The van der Waals surface area contributed by atoms with E-state index in [1.54, 1.807) is 0 Å². The van der Waals surface area contributed by atoms with Gasteiger partial charge in [0.2, 0.25) is 0 Å². The molecule has 0 aliphatic carbocycles. The number of hydrogen-bond donors (Lipinski definition) is 1. The topological polar surface area (TPSA) is 28.9 Å². The quantitative estimate of drug-likeness (QED) is 0.569. The molecule has 1 heterocycles. The number of para-hydroxylation sites is 1. The highest BCUT2D eigenvalue weighted by Crippen LogP contribution is 2.26. The SMILES string of the molecule is CCCC[n+]1cc[nH]c1-c1ccccc1OCC.[I-]. The lowest BCUT2D eigenvalue weighted by Crippen LogP contribution is -3.00. The number of nitrogens with one attached hydrogen (secondary N) is 1. The van der Waals surface area contributed by atoms with Gasteiger partial charge in [0.1, 0.15) is 23.7 Å². The van der Waals surface area contributed by atoms with E-state index < -0.39 is 0 Å². The Kier molecular flexibility index (Phi) is 6.91. The fourth-order valence-electron chi connectivity index (χ4n) is 2.05. The maximum absolute atomic E-state index is 5.69. The first-order valence-electron chi connectivity index (χ1n) is 6.65. The molecule has 0 amide bonds. The molecule has 1 N–H and O–H groups in total. The van der Waals surface area contributed by atoms with Crippen LogP contribution >= 0.6 is 0 Å². The van der Waals surface area contributed by atoms with Crippen LogP contribution in [0.15, 0.2) is 36.7 Å². The predicted octanol–water partition coefficient (Wildman–Crippen LogP) is 0.172. The van der Waals surface area contributed by atoms with Gasteiger partial charge >= 0.3 is 0 Å². The van der Waals surface area contributed by atoms with Gasteiger partial charge in [-0.25, -0.2) is 9.55 Å². The van der Waals surface area contributed by atoms with Crippen molar-refractivity contribution in [3.63, 3.8) is 0 Å². The number of aromatic nitrogens is 2. The molecule has 0 aliphatic rings. The van der Waals surface area contributed by atoms with Gasteiger partial charge in [-0.2, -0.15) is 0 Å². The van der Waals surface area contributed by atoms with E-state index in [4.69, 9.17) is 4.74 Å². The molecule has 0 bridgehead atoms. The highest BCUT2D eigenvalue weighted by molar-refractivity contribution is 5.61. The minimum absolute atomic E-state index is 0. The summed E-state index contributed by atoms with van der Waals surface area (Å²) >= 11 is 0. The fraction of sp³-hybridized carbons (Fsp3) is 0.400. The first kappa shape index (κ1) is 16.0. The van der Waals surface area contributed by atoms with Crippen molar-refractivity contribution in [2.45, 2.75) is 33.2 Å². The van der Waals surface area contributed by atoms with Gasteiger partial charge in [-0.3, -0.25) is 0 Å². The van der Waals surface area contributed by atoms with Gasteiger partial charge in [0.05, 0.1) is 13.2 Å². The van der Waals surface area contributed by atoms with Crippen LogP contribution in [-0.2, 0) is 6.54 Å². The van der Waals surface area contributed by atoms with Crippen LogP contribution in [0.3, 0.4) is 0 Å². The number of nitrogens with zero attached hydrogens (tertiary/aromatic N) is 1. The van der Waals surface area contributed by atoms with Crippen molar-refractivity contribution in [1.82, 2.24) is 4.98 Å². The molecule has 0 unspecified atom stereocenters. The molecule has 19 heavy (non-hydrogen) atoms. The van der Waals surface area contributed by atoms with Crippen LogP contribution in [0.1, 0.15) is 26.7 Å². The van der Waals surface area contributed by atoms with Crippen molar-refractivity contribution in [1.29, 1.82) is 0 Å². The first-order valence-corrected chi connectivity index (χ1v) is 6.65. The van der Waals surface area contributed by atoms with Crippen molar-refractivity contribution in [2.75, 3.05) is 6.61 Å². The zero-order valence-corrected chi connectivity index (χ0v) is 13.7. The molecule has 0 spiro atoms. The number of aromatic amines is 1. The van der Waals surface area contributed by atoms with Crippen LogP contribution in [0.5, 0.6) is 5.75 Å². The number of unbranched alkanes of at least 4 members (excludes halogenated alkanes) is 1. The van der Waals surface area contributed by atoms with E-state index in [0.717, 1.165) is 23.7 Å². The second-order valence-corrected chi connectivity index (χ2v) is 4.28. The Balaban J connectivity index is 0.00000180. The minimum Gasteiger partial charge on any atom is -1.00 e. The zero-order chi connectivity index (χ0) is 12.8. The average molecular weight is 372 g/mol. The Morgan fingerprint density at radius 2 is 2.00 bits per heavy atom. The summed E-state index contributed by atoms with van der Waals surface area (Å²) in [5, 5.41) is 0. The van der Waals surface area contributed by atoms with E-state index in [0.29, 0.717) is 6.61 Å². The van der Waals surface area contributed by atoms with E-state index in [1.165, 1.54) is 12.8 Å². The smallest absolute Gasteiger partial charge is 0.290 e. The molecule has 2 aromatic rings. The molecule has 1 aromatic carbocycles. The Morgan fingerprint density at radius 1 is 1.21 bits per heavy atom. The van der Waals surface area contributed by atoms with Gasteiger partial charge in [-0.1, -0.05) is 25.5 Å². The Bertz CT molecular complexity index is 496. The number of ether oxygens (including phenoxy) is 1. The molecule has 0 saturated carbocycles.